The number of benzene rings is 2. The Morgan fingerprint density at radius 2 is 1.79 bits per heavy atom. The predicted octanol–water partition coefficient (Wildman–Crippen LogP) is 5.16. The number of aromatic nitrogens is 2. The standard InChI is InChI=1S/C28H32N4OS/c1-4-20-14-23-24(16-25(20)34-5-2)32-22(18-31-12-6-7-13-31)15-27(33)30-26(32)17-29-28(23)21-10-8-19(3)9-11-21/h8-11,14-16H,4-7,12-13,17-18H2,1-3H3. The summed E-state index contributed by atoms with van der Waals surface area (Å²) in [7, 11) is 0. The molecule has 0 spiro atoms. The fourth-order valence-corrected chi connectivity index (χ4v) is 5.91. The minimum absolute atomic E-state index is 0.177. The highest BCUT2D eigenvalue weighted by molar-refractivity contribution is 7.99. The number of likely N-dealkylation sites (tertiary alicyclic amines) is 1. The van der Waals surface area contributed by atoms with Crippen LogP contribution in [0.4, 0.5) is 0 Å². The molecular formula is C28H32N4OS. The van der Waals surface area contributed by atoms with Gasteiger partial charge in [-0.25, -0.2) is 0 Å². The molecule has 34 heavy (non-hydrogen) atoms. The van der Waals surface area contributed by atoms with Gasteiger partial charge in [-0.3, -0.25) is 19.3 Å². The number of hydrogen-bond acceptors (Lipinski definition) is 5. The number of aliphatic imine (C=N–C) groups is 1. The minimum Gasteiger partial charge on any atom is -0.298 e. The first kappa shape index (κ1) is 23.1. The molecule has 1 aromatic heterocycles. The molecule has 0 aliphatic carbocycles. The van der Waals surface area contributed by atoms with Crippen LogP contribution in [0.25, 0.3) is 5.69 Å². The first-order valence-corrected chi connectivity index (χ1v) is 13.3. The molecule has 0 radical (unpaired) electrons. The highest BCUT2D eigenvalue weighted by Gasteiger charge is 2.25. The topological polar surface area (TPSA) is 50.5 Å². The molecule has 0 N–H and O–H groups in total. The van der Waals surface area contributed by atoms with Gasteiger partial charge in [0.05, 0.1) is 17.9 Å². The quantitative estimate of drug-likeness (QED) is 0.465. The largest absolute Gasteiger partial charge is 0.298 e. The van der Waals surface area contributed by atoms with Crippen molar-refractivity contribution in [3.63, 3.8) is 0 Å². The Hall–Kier alpha value is -2.70. The van der Waals surface area contributed by atoms with Crippen molar-refractivity contribution in [2.75, 3.05) is 18.8 Å². The average molecular weight is 473 g/mol. The summed E-state index contributed by atoms with van der Waals surface area (Å²) in [5, 5.41) is 0. The third-order valence-electron chi connectivity index (χ3n) is 6.72. The molecule has 2 aromatic carbocycles. The van der Waals surface area contributed by atoms with Gasteiger partial charge in [0.15, 0.2) is 0 Å². The molecule has 0 atom stereocenters. The second kappa shape index (κ2) is 9.88. The number of rotatable bonds is 6. The van der Waals surface area contributed by atoms with E-state index in [9.17, 15) is 4.79 Å². The summed E-state index contributed by atoms with van der Waals surface area (Å²) in [6.07, 6.45) is 3.40. The second-order valence-electron chi connectivity index (χ2n) is 9.12. The van der Waals surface area contributed by atoms with E-state index in [1.807, 2.05) is 11.8 Å². The molecule has 3 aromatic rings. The van der Waals surface area contributed by atoms with Crippen molar-refractivity contribution in [1.29, 1.82) is 0 Å². The number of nitrogens with zero attached hydrogens (tertiary/aromatic N) is 4. The Labute approximate surface area is 206 Å². The maximum absolute atomic E-state index is 12.6. The van der Waals surface area contributed by atoms with Gasteiger partial charge in [0.2, 0.25) is 0 Å². The van der Waals surface area contributed by atoms with Crippen LogP contribution in [0.2, 0.25) is 0 Å². The predicted molar refractivity (Wildman–Crippen MR) is 141 cm³/mol. The van der Waals surface area contributed by atoms with E-state index >= 15 is 0 Å². The van der Waals surface area contributed by atoms with Crippen molar-refractivity contribution in [2.24, 2.45) is 4.99 Å². The van der Waals surface area contributed by atoms with Gasteiger partial charge in [0, 0.05) is 34.3 Å². The van der Waals surface area contributed by atoms with Gasteiger partial charge in [0.25, 0.3) is 5.56 Å². The van der Waals surface area contributed by atoms with E-state index in [1.54, 1.807) is 6.07 Å². The van der Waals surface area contributed by atoms with Gasteiger partial charge >= 0.3 is 0 Å². The SMILES string of the molecule is CCSc1cc2c(cc1CC)C(c1ccc(C)cc1)=NCc1nc(=O)cc(CN3CCCC3)n1-2. The van der Waals surface area contributed by atoms with E-state index in [0.29, 0.717) is 6.54 Å². The lowest BCUT2D eigenvalue weighted by Gasteiger charge is -2.23. The molecule has 0 saturated carbocycles. The summed E-state index contributed by atoms with van der Waals surface area (Å²) in [6, 6.07) is 14.9. The maximum Gasteiger partial charge on any atom is 0.273 e. The van der Waals surface area contributed by atoms with E-state index in [2.05, 4.69) is 71.6 Å². The Morgan fingerprint density at radius 1 is 1.03 bits per heavy atom. The molecule has 0 bridgehead atoms. The molecule has 2 aliphatic heterocycles. The fourth-order valence-electron chi connectivity index (χ4n) is 5.02. The zero-order valence-electron chi connectivity index (χ0n) is 20.3. The lowest BCUT2D eigenvalue weighted by molar-refractivity contribution is 0.323. The summed E-state index contributed by atoms with van der Waals surface area (Å²) >= 11 is 1.88. The van der Waals surface area contributed by atoms with Crippen LogP contribution in [0.15, 0.2) is 57.1 Å². The first-order valence-electron chi connectivity index (χ1n) is 12.3. The number of fused-ring (bicyclic) bond motifs is 3. The molecular weight excluding hydrogens is 440 g/mol. The monoisotopic (exact) mass is 472 g/mol. The van der Waals surface area contributed by atoms with Crippen molar-refractivity contribution >= 4 is 17.5 Å². The Morgan fingerprint density at radius 3 is 2.50 bits per heavy atom. The molecule has 0 unspecified atom stereocenters. The third kappa shape index (κ3) is 4.49. The summed E-state index contributed by atoms with van der Waals surface area (Å²) < 4.78 is 2.22. The zero-order chi connectivity index (χ0) is 23.7. The van der Waals surface area contributed by atoms with E-state index in [1.165, 1.54) is 28.9 Å². The summed E-state index contributed by atoms with van der Waals surface area (Å²) in [4.78, 5) is 25.8. The molecule has 1 fully saturated rings. The van der Waals surface area contributed by atoms with Crippen LogP contribution in [0.1, 0.15) is 60.5 Å². The number of hydrogen-bond donors (Lipinski definition) is 0. The summed E-state index contributed by atoms with van der Waals surface area (Å²) in [5.74, 6) is 1.74. The maximum atomic E-state index is 12.6. The van der Waals surface area contributed by atoms with Crippen LogP contribution < -0.4 is 5.56 Å². The van der Waals surface area contributed by atoms with Crippen LogP contribution in [-0.2, 0) is 19.5 Å². The van der Waals surface area contributed by atoms with E-state index < -0.39 is 0 Å². The second-order valence-corrected chi connectivity index (χ2v) is 10.4. The van der Waals surface area contributed by atoms with Crippen LogP contribution in [-0.4, -0.2) is 39.0 Å². The third-order valence-corrected chi connectivity index (χ3v) is 7.70. The van der Waals surface area contributed by atoms with E-state index in [-0.39, 0.29) is 5.56 Å². The molecule has 6 heteroatoms. The van der Waals surface area contributed by atoms with Crippen LogP contribution in [0.3, 0.4) is 0 Å². The van der Waals surface area contributed by atoms with Crippen molar-refractivity contribution in [3.8, 4) is 5.69 Å². The smallest absolute Gasteiger partial charge is 0.273 e. The molecule has 5 rings (SSSR count). The number of aryl methyl sites for hydroxylation is 2. The molecule has 5 nitrogen and oxygen atoms in total. The molecule has 2 aliphatic rings. The van der Waals surface area contributed by atoms with Gasteiger partial charge in [0.1, 0.15) is 5.82 Å². The van der Waals surface area contributed by atoms with E-state index in [0.717, 1.165) is 65.9 Å². The highest BCUT2D eigenvalue weighted by atomic mass is 32.2. The van der Waals surface area contributed by atoms with Crippen molar-refractivity contribution in [2.45, 2.75) is 58.0 Å². The van der Waals surface area contributed by atoms with Gasteiger partial charge in [-0.15, -0.1) is 11.8 Å². The number of thioether (sulfide) groups is 1. The van der Waals surface area contributed by atoms with Crippen molar-refractivity contribution in [3.05, 3.63) is 86.6 Å². The molecule has 0 amide bonds. The van der Waals surface area contributed by atoms with E-state index in [4.69, 9.17) is 4.99 Å². The zero-order valence-corrected chi connectivity index (χ0v) is 21.1. The van der Waals surface area contributed by atoms with Crippen LogP contribution >= 0.6 is 11.8 Å². The normalized spacial score (nSPS) is 15.6. The summed E-state index contributed by atoms with van der Waals surface area (Å²) in [6.45, 7) is 9.82. The van der Waals surface area contributed by atoms with Gasteiger partial charge in [-0.1, -0.05) is 43.7 Å². The van der Waals surface area contributed by atoms with Crippen molar-refractivity contribution < 1.29 is 0 Å². The van der Waals surface area contributed by atoms with Crippen molar-refractivity contribution in [1.82, 2.24) is 14.5 Å². The highest BCUT2D eigenvalue weighted by Crippen LogP contribution is 2.33. The lowest BCUT2D eigenvalue weighted by Crippen LogP contribution is -2.26. The average Bonchev–Trinajstić information content (AvgIpc) is 3.28. The Kier molecular flexibility index (Phi) is 6.70. The van der Waals surface area contributed by atoms with Crippen LogP contribution in [0.5, 0.6) is 0 Å². The molecule has 3 heterocycles. The summed E-state index contributed by atoms with van der Waals surface area (Å²) in [5.41, 5.74) is 7.67. The van der Waals surface area contributed by atoms with Gasteiger partial charge < -0.3 is 0 Å². The lowest BCUT2D eigenvalue weighted by atomic mass is 9.96. The molecule has 176 valence electrons. The van der Waals surface area contributed by atoms with Crippen LogP contribution in [0, 0.1) is 6.92 Å². The first-order chi connectivity index (χ1) is 16.6. The van der Waals surface area contributed by atoms with Gasteiger partial charge in [-0.05, 0) is 62.7 Å². The fraction of sp³-hybridized carbons (Fsp3) is 0.393. The molecule has 1 saturated heterocycles. The van der Waals surface area contributed by atoms with Gasteiger partial charge in [-0.2, -0.15) is 4.98 Å². The Balaban J connectivity index is 1.75. The Bertz CT molecular complexity index is 1290. The minimum atomic E-state index is -0.177.